The van der Waals surface area contributed by atoms with E-state index < -0.39 is 0 Å². The van der Waals surface area contributed by atoms with Gasteiger partial charge in [0.1, 0.15) is 5.82 Å². The molecule has 0 spiro atoms. The van der Waals surface area contributed by atoms with Crippen LogP contribution in [0.15, 0.2) is 29.1 Å². The summed E-state index contributed by atoms with van der Waals surface area (Å²) in [7, 11) is 0. The van der Waals surface area contributed by atoms with Crippen molar-refractivity contribution >= 4 is 21.6 Å². The molecule has 0 radical (unpaired) electrons. The van der Waals surface area contributed by atoms with Crippen molar-refractivity contribution in [1.29, 1.82) is 0 Å². The Morgan fingerprint density at radius 3 is 2.83 bits per heavy atom. The van der Waals surface area contributed by atoms with Gasteiger partial charge in [-0.05, 0) is 69.7 Å². The number of nitrogens with zero attached hydrogens (tertiary/aromatic N) is 4. The number of hydrogen-bond donors (Lipinski definition) is 0. The van der Waals surface area contributed by atoms with Gasteiger partial charge in [0.2, 0.25) is 0 Å². The van der Waals surface area contributed by atoms with E-state index in [4.69, 9.17) is 9.36 Å². The maximum absolute atomic E-state index is 12.9. The molecule has 152 valence electrons. The molecular formula is C23H28N4OS. The lowest BCUT2D eigenvalue weighted by Gasteiger charge is -2.31. The summed E-state index contributed by atoms with van der Waals surface area (Å²) in [5.74, 6) is 1.54. The van der Waals surface area contributed by atoms with Gasteiger partial charge in [0, 0.05) is 42.1 Å². The van der Waals surface area contributed by atoms with Crippen LogP contribution in [0.25, 0.3) is 10.1 Å². The molecule has 5 rings (SSSR count). The second kappa shape index (κ2) is 8.00. The summed E-state index contributed by atoms with van der Waals surface area (Å²) < 4.78 is 7.99. The van der Waals surface area contributed by atoms with Crippen molar-refractivity contribution in [3.8, 4) is 0 Å². The van der Waals surface area contributed by atoms with E-state index in [0.29, 0.717) is 5.92 Å². The average molecular weight is 409 g/mol. The van der Waals surface area contributed by atoms with E-state index in [2.05, 4.69) is 29.2 Å². The summed E-state index contributed by atoms with van der Waals surface area (Å²) in [6.45, 7) is 5.94. The fraction of sp³-hybridized carbons (Fsp3) is 0.522. The van der Waals surface area contributed by atoms with Gasteiger partial charge in [0.25, 0.3) is 5.56 Å². The molecule has 6 heteroatoms. The zero-order valence-corrected chi connectivity index (χ0v) is 17.9. The lowest BCUT2D eigenvalue weighted by atomic mass is 9.91. The van der Waals surface area contributed by atoms with Crippen molar-refractivity contribution < 1.29 is 0 Å². The van der Waals surface area contributed by atoms with Crippen molar-refractivity contribution in [2.24, 2.45) is 0 Å². The fourth-order valence-electron chi connectivity index (χ4n) is 4.92. The number of piperidine rings is 1. The molecule has 4 heterocycles. The minimum atomic E-state index is 0.205. The molecule has 0 amide bonds. The van der Waals surface area contributed by atoms with Gasteiger partial charge in [-0.15, -0.1) is 0 Å². The zero-order valence-electron chi connectivity index (χ0n) is 17.1. The first kappa shape index (κ1) is 18.9. The van der Waals surface area contributed by atoms with E-state index >= 15 is 0 Å². The van der Waals surface area contributed by atoms with Crippen molar-refractivity contribution in [1.82, 2.24) is 18.8 Å². The van der Waals surface area contributed by atoms with E-state index in [0.717, 1.165) is 81.8 Å². The highest BCUT2D eigenvalue weighted by Crippen LogP contribution is 2.34. The fourth-order valence-corrected chi connectivity index (χ4v) is 5.77. The Morgan fingerprint density at radius 2 is 1.97 bits per heavy atom. The Labute approximate surface area is 175 Å². The lowest BCUT2D eigenvalue weighted by molar-refractivity contribution is 0.213. The minimum Gasteiger partial charge on any atom is -0.303 e. The SMILES string of the molecule is Cc1nc2n(c(=O)c1CCN1CCC(c3nsc4ccccc34)CC1)CCCC2. The van der Waals surface area contributed by atoms with Crippen LogP contribution in [0.2, 0.25) is 0 Å². The van der Waals surface area contributed by atoms with Crippen LogP contribution in [0.1, 0.15) is 54.4 Å². The van der Waals surface area contributed by atoms with Crippen LogP contribution in [0.4, 0.5) is 0 Å². The molecule has 0 aliphatic carbocycles. The van der Waals surface area contributed by atoms with E-state index in [-0.39, 0.29) is 5.56 Å². The van der Waals surface area contributed by atoms with E-state index in [9.17, 15) is 4.79 Å². The standard InChI is InChI=1S/C23H28N4OS/c1-16-18(23(28)27-12-5-4-8-21(27)24-16)11-15-26-13-9-17(10-14-26)22-19-6-2-3-7-20(19)29-25-22/h2-3,6-7,17H,4-5,8-15H2,1H3. The molecule has 2 aromatic heterocycles. The van der Waals surface area contributed by atoms with Gasteiger partial charge < -0.3 is 4.90 Å². The smallest absolute Gasteiger partial charge is 0.256 e. The highest BCUT2D eigenvalue weighted by Gasteiger charge is 2.24. The molecule has 2 aliphatic heterocycles. The molecule has 0 unspecified atom stereocenters. The third kappa shape index (κ3) is 3.64. The van der Waals surface area contributed by atoms with Crippen LogP contribution in [0, 0.1) is 6.92 Å². The Morgan fingerprint density at radius 1 is 1.14 bits per heavy atom. The van der Waals surface area contributed by atoms with Gasteiger partial charge in [-0.3, -0.25) is 9.36 Å². The van der Waals surface area contributed by atoms with Gasteiger partial charge in [0.15, 0.2) is 0 Å². The molecular weight excluding hydrogens is 380 g/mol. The molecule has 0 atom stereocenters. The highest BCUT2D eigenvalue weighted by atomic mass is 32.1. The molecule has 1 saturated heterocycles. The molecule has 3 aromatic rings. The predicted octanol–water partition coefficient (Wildman–Crippen LogP) is 3.92. The third-order valence-corrected chi connectivity index (χ3v) is 7.48. The number of aryl methyl sites for hydroxylation is 2. The molecule has 5 nitrogen and oxygen atoms in total. The van der Waals surface area contributed by atoms with Crippen molar-refractivity contribution in [2.75, 3.05) is 19.6 Å². The van der Waals surface area contributed by atoms with Crippen LogP contribution >= 0.6 is 11.5 Å². The molecule has 1 fully saturated rings. The minimum absolute atomic E-state index is 0.205. The Balaban J connectivity index is 1.23. The van der Waals surface area contributed by atoms with Crippen molar-refractivity contribution in [3.05, 3.63) is 57.4 Å². The molecule has 0 bridgehead atoms. The maximum atomic E-state index is 12.9. The van der Waals surface area contributed by atoms with E-state index in [1.54, 1.807) is 11.5 Å². The predicted molar refractivity (Wildman–Crippen MR) is 118 cm³/mol. The van der Waals surface area contributed by atoms with Crippen molar-refractivity contribution in [3.63, 3.8) is 0 Å². The first-order chi connectivity index (χ1) is 14.2. The molecule has 29 heavy (non-hydrogen) atoms. The topological polar surface area (TPSA) is 51.0 Å². The van der Waals surface area contributed by atoms with Crippen LogP contribution in [-0.2, 0) is 19.4 Å². The number of aromatic nitrogens is 3. The highest BCUT2D eigenvalue weighted by molar-refractivity contribution is 7.13. The van der Waals surface area contributed by atoms with Gasteiger partial charge in [-0.25, -0.2) is 4.98 Å². The summed E-state index contributed by atoms with van der Waals surface area (Å²) in [6, 6.07) is 8.58. The number of benzene rings is 1. The molecule has 0 saturated carbocycles. The third-order valence-electron chi connectivity index (χ3n) is 6.64. The van der Waals surface area contributed by atoms with Crippen LogP contribution in [0.5, 0.6) is 0 Å². The first-order valence-corrected chi connectivity index (χ1v) is 11.6. The first-order valence-electron chi connectivity index (χ1n) is 10.9. The summed E-state index contributed by atoms with van der Waals surface area (Å²) >= 11 is 1.62. The summed E-state index contributed by atoms with van der Waals surface area (Å²) in [5, 5.41) is 1.33. The van der Waals surface area contributed by atoms with E-state index in [1.807, 2.05) is 11.5 Å². The molecule has 1 aromatic carbocycles. The van der Waals surface area contributed by atoms with Crippen LogP contribution < -0.4 is 5.56 Å². The lowest BCUT2D eigenvalue weighted by Crippen LogP contribution is -2.37. The monoisotopic (exact) mass is 408 g/mol. The van der Waals surface area contributed by atoms with E-state index in [1.165, 1.54) is 15.8 Å². The number of hydrogen-bond acceptors (Lipinski definition) is 5. The number of rotatable bonds is 4. The Kier molecular flexibility index (Phi) is 5.22. The number of fused-ring (bicyclic) bond motifs is 2. The summed E-state index contributed by atoms with van der Waals surface area (Å²) in [5.41, 5.74) is 3.35. The summed E-state index contributed by atoms with van der Waals surface area (Å²) in [4.78, 5) is 20.2. The maximum Gasteiger partial charge on any atom is 0.256 e. The molecule has 2 aliphatic rings. The largest absolute Gasteiger partial charge is 0.303 e. The average Bonchev–Trinajstić information content (AvgIpc) is 3.18. The second-order valence-corrected chi connectivity index (χ2v) is 9.24. The van der Waals surface area contributed by atoms with Crippen LogP contribution in [0.3, 0.4) is 0 Å². The number of likely N-dealkylation sites (tertiary alicyclic amines) is 1. The van der Waals surface area contributed by atoms with Crippen molar-refractivity contribution in [2.45, 2.75) is 57.9 Å². The second-order valence-electron chi connectivity index (χ2n) is 8.44. The Bertz CT molecular complexity index is 1080. The normalized spacial score (nSPS) is 18.2. The van der Waals surface area contributed by atoms with Gasteiger partial charge >= 0.3 is 0 Å². The van der Waals surface area contributed by atoms with Gasteiger partial charge in [-0.1, -0.05) is 18.2 Å². The van der Waals surface area contributed by atoms with Crippen LogP contribution in [-0.4, -0.2) is 38.5 Å². The zero-order chi connectivity index (χ0) is 19.8. The molecule has 0 N–H and O–H groups in total. The Hall–Kier alpha value is -2.05. The quantitative estimate of drug-likeness (QED) is 0.657. The van der Waals surface area contributed by atoms with Gasteiger partial charge in [-0.2, -0.15) is 4.37 Å². The summed E-state index contributed by atoms with van der Waals surface area (Å²) in [6.07, 6.45) is 6.28. The van der Waals surface area contributed by atoms with Gasteiger partial charge in [0.05, 0.1) is 10.4 Å².